The molecule has 25 heavy (non-hydrogen) atoms. The number of halogens is 1. The number of rotatable bonds is 3. The van der Waals surface area contributed by atoms with Crippen LogP contribution in [0.2, 0.25) is 0 Å². The van der Waals surface area contributed by atoms with Gasteiger partial charge in [-0.25, -0.2) is 4.39 Å². The van der Waals surface area contributed by atoms with Crippen molar-refractivity contribution in [2.75, 3.05) is 20.1 Å². The van der Waals surface area contributed by atoms with E-state index in [4.69, 9.17) is 5.11 Å². The second-order valence-electron chi connectivity index (χ2n) is 6.75. The van der Waals surface area contributed by atoms with Crippen molar-refractivity contribution in [3.05, 3.63) is 35.6 Å². The summed E-state index contributed by atoms with van der Waals surface area (Å²) in [7, 11) is 1.65. The molecule has 0 unspecified atom stereocenters. The van der Waals surface area contributed by atoms with Crippen molar-refractivity contribution < 1.29 is 23.9 Å². The summed E-state index contributed by atoms with van der Waals surface area (Å²) in [6, 6.07) is 5.44. The standard InChI is InChI=1S/C18H21FN2O4/c1-20-15(22)10-14(16(20)11-2-4-13(19)5-3-11)17(23)21-8-6-12(7-9-21)18(24)25/h2-5,12,14,16H,6-10H2,1H3,(H,24,25)/t14-,16-/m0/s1. The van der Waals surface area contributed by atoms with Gasteiger partial charge in [0.15, 0.2) is 0 Å². The van der Waals surface area contributed by atoms with Gasteiger partial charge in [-0.2, -0.15) is 0 Å². The van der Waals surface area contributed by atoms with Crippen LogP contribution in [0.15, 0.2) is 24.3 Å². The molecular formula is C18H21FN2O4. The average Bonchev–Trinajstić information content (AvgIpc) is 2.90. The molecule has 0 bridgehead atoms. The number of likely N-dealkylation sites (tertiary alicyclic amines) is 2. The van der Waals surface area contributed by atoms with Crippen LogP contribution >= 0.6 is 0 Å². The van der Waals surface area contributed by atoms with Crippen molar-refractivity contribution in [1.82, 2.24) is 9.80 Å². The Morgan fingerprint density at radius 3 is 2.32 bits per heavy atom. The summed E-state index contributed by atoms with van der Waals surface area (Å²) in [6.07, 6.45) is 0.980. The van der Waals surface area contributed by atoms with Gasteiger partial charge >= 0.3 is 5.97 Å². The number of hydrogen-bond acceptors (Lipinski definition) is 3. The Bertz CT molecular complexity index is 683. The van der Waals surface area contributed by atoms with Gasteiger partial charge in [-0.15, -0.1) is 0 Å². The van der Waals surface area contributed by atoms with Crippen LogP contribution < -0.4 is 0 Å². The minimum atomic E-state index is -0.827. The lowest BCUT2D eigenvalue weighted by Crippen LogP contribution is -2.44. The molecule has 2 aliphatic heterocycles. The van der Waals surface area contributed by atoms with E-state index in [1.54, 1.807) is 29.0 Å². The van der Waals surface area contributed by atoms with Crippen LogP contribution in [-0.2, 0) is 14.4 Å². The monoisotopic (exact) mass is 348 g/mol. The largest absolute Gasteiger partial charge is 0.481 e. The van der Waals surface area contributed by atoms with E-state index in [-0.39, 0.29) is 24.1 Å². The fourth-order valence-electron chi connectivity index (χ4n) is 3.79. The van der Waals surface area contributed by atoms with Gasteiger partial charge in [0.2, 0.25) is 11.8 Å². The van der Waals surface area contributed by atoms with Crippen molar-refractivity contribution in [3.63, 3.8) is 0 Å². The number of benzene rings is 1. The summed E-state index contributed by atoms with van der Waals surface area (Å²) in [5, 5.41) is 9.07. The number of nitrogens with zero attached hydrogens (tertiary/aromatic N) is 2. The molecule has 0 saturated carbocycles. The molecule has 134 valence electrons. The van der Waals surface area contributed by atoms with Gasteiger partial charge in [0, 0.05) is 26.6 Å². The molecule has 6 nitrogen and oxygen atoms in total. The highest BCUT2D eigenvalue weighted by molar-refractivity contribution is 5.90. The third kappa shape index (κ3) is 3.36. The topological polar surface area (TPSA) is 77.9 Å². The van der Waals surface area contributed by atoms with Crippen molar-refractivity contribution in [2.24, 2.45) is 11.8 Å². The third-order valence-electron chi connectivity index (χ3n) is 5.27. The molecule has 3 rings (SSSR count). The number of aliphatic carboxylic acids is 1. The molecule has 2 amide bonds. The van der Waals surface area contributed by atoms with Crippen LogP contribution in [0.1, 0.15) is 30.9 Å². The van der Waals surface area contributed by atoms with Crippen LogP contribution in [0.3, 0.4) is 0 Å². The summed E-state index contributed by atoms with van der Waals surface area (Å²) in [4.78, 5) is 39.4. The highest BCUT2D eigenvalue weighted by Crippen LogP contribution is 2.38. The van der Waals surface area contributed by atoms with Crippen molar-refractivity contribution >= 4 is 17.8 Å². The van der Waals surface area contributed by atoms with Crippen LogP contribution in [0, 0.1) is 17.7 Å². The Balaban J connectivity index is 1.77. The van der Waals surface area contributed by atoms with E-state index in [0.29, 0.717) is 25.9 Å². The number of carbonyl (C=O) groups excluding carboxylic acids is 2. The number of hydrogen-bond donors (Lipinski definition) is 1. The van der Waals surface area contributed by atoms with E-state index in [0.717, 1.165) is 5.56 Å². The molecule has 1 N–H and O–H groups in total. The Morgan fingerprint density at radius 2 is 1.76 bits per heavy atom. The Morgan fingerprint density at radius 1 is 1.16 bits per heavy atom. The van der Waals surface area contributed by atoms with Crippen LogP contribution in [0.5, 0.6) is 0 Å². The second-order valence-corrected chi connectivity index (χ2v) is 6.75. The van der Waals surface area contributed by atoms with Gasteiger partial charge in [0.05, 0.1) is 17.9 Å². The van der Waals surface area contributed by atoms with Crippen molar-refractivity contribution in [3.8, 4) is 0 Å². The van der Waals surface area contributed by atoms with Gasteiger partial charge in [-0.1, -0.05) is 12.1 Å². The van der Waals surface area contributed by atoms with Gasteiger partial charge in [0.1, 0.15) is 5.82 Å². The van der Waals surface area contributed by atoms with Crippen molar-refractivity contribution in [2.45, 2.75) is 25.3 Å². The molecular weight excluding hydrogens is 327 g/mol. The molecule has 0 aliphatic carbocycles. The van der Waals surface area contributed by atoms with Gasteiger partial charge in [-0.05, 0) is 30.5 Å². The zero-order valence-corrected chi connectivity index (χ0v) is 14.0. The molecule has 1 aromatic carbocycles. The normalized spacial score (nSPS) is 24.6. The predicted molar refractivity (Wildman–Crippen MR) is 87.0 cm³/mol. The summed E-state index contributed by atoms with van der Waals surface area (Å²) < 4.78 is 13.2. The molecule has 0 spiro atoms. The number of carbonyl (C=O) groups is 3. The summed E-state index contributed by atoms with van der Waals surface area (Å²) in [5.41, 5.74) is 0.730. The first-order valence-electron chi connectivity index (χ1n) is 8.41. The molecule has 1 aromatic rings. The van der Waals surface area contributed by atoms with Gasteiger partial charge in [0.25, 0.3) is 0 Å². The molecule has 2 aliphatic rings. The Labute approximate surface area is 145 Å². The fraction of sp³-hybridized carbons (Fsp3) is 0.500. The zero-order chi connectivity index (χ0) is 18.1. The second kappa shape index (κ2) is 6.82. The predicted octanol–water partition coefficient (Wildman–Crippen LogP) is 1.67. The zero-order valence-electron chi connectivity index (χ0n) is 14.0. The molecule has 2 saturated heterocycles. The van der Waals surface area contributed by atoms with E-state index < -0.39 is 23.8 Å². The highest BCUT2D eigenvalue weighted by Gasteiger charge is 2.44. The third-order valence-corrected chi connectivity index (χ3v) is 5.27. The minimum absolute atomic E-state index is 0.118. The maximum absolute atomic E-state index is 13.2. The van der Waals surface area contributed by atoms with Crippen LogP contribution in [0.25, 0.3) is 0 Å². The van der Waals surface area contributed by atoms with E-state index in [2.05, 4.69) is 0 Å². The maximum Gasteiger partial charge on any atom is 0.306 e. The number of carboxylic acids is 1. The first kappa shape index (κ1) is 17.4. The first-order valence-corrected chi connectivity index (χ1v) is 8.41. The summed E-state index contributed by atoms with van der Waals surface area (Å²) in [5.74, 6) is -2.38. The first-order chi connectivity index (χ1) is 11.9. The quantitative estimate of drug-likeness (QED) is 0.901. The number of piperidine rings is 1. The lowest BCUT2D eigenvalue weighted by Gasteiger charge is -2.34. The minimum Gasteiger partial charge on any atom is -0.481 e. The average molecular weight is 348 g/mol. The van der Waals surface area contributed by atoms with Gasteiger partial charge in [-0.3, -0.25) is 14.4 Å². The molecule has 2 fully saturated rings. The van der Waals surface area contributed by atoms with E-state index in [1.807, 2.05) is 0 Å². The van der Waals surface area contributed by atoms with E-state index in [9.17, 15) is 18.8 Å². The Hall–Kier alpha value is -2.44. The van der Waals surface area contributed by atoms with Crippen molar-refractivity contribution in [1.29, 1.82) is 0 Å². The molecule has 2 heterocycles. The van der Waals surface area contributed by atoms with Crippen LogP contribution in [0.4, 0.5) is 4.39 Å². The highest BCUT2D eigenvalue weighted by atomic mass is 19.1. The Kier molecular flexibility index (Phi) is 4.74. The summed E-state index contributed by atoms with van der Waals surface area (Å²) in [6.45, 7) is 0.778. The molecule has 0 aromatic heterocycles. The molecule has 7 heteroatoms. The summed E-state index contributed by atoms with van der Waals surface area (Å²) >= 11 is 0. The maximum atomic E-state index is 13.2. The van der Waals surface area contributed by atoms with E-state index in [1.165, 1.54) is 12.1 Å². The SMILES string of the molecule is CN1C(=O)C[C@H](C(=O)N2CCC(C(=O)O)CC2)[C@@H]1c1ccc(F)cc1. The molecule has 0 radical (unpaired) electrons. The van der Waals surface area contributed by atoms with E-state index >= 15 is 0 Å². The smallest absolute Gasteiger partial charge is 0.306 e. The lowest BCUT2D eigenvalue weighted by molar-refractivity contribution is -0.147. The molecule has 2 atom stereocenters. The number of amides is 2. The fourth-order valence-corrected chi connectivity index (χ4v) is 3.79. The lowest BCUT2D eigenvalue weighted by atomic mass is 9.90. The van der Waals surface area contributed by atoms with Crippen LogP contribution in [-0.4, -0.2) is 52.8 Å². The van der Waals surface area contributed by atoms with Gasteiger partial charge < -0.3 is 14.9 Å². The number of carboxylic acid groups (broad SMARTS) is 1.